The molecule has 0 aliphatic carbocycles. The van der Waals surface area contributed by atoms with E-state index in [0.29, 0.717) is 17.2 Å². The molecule has 1 amide bonds. The van der Waals surface area contributed by atoms with Crippen LogP contribution in [0.5, 0.6) is 5.75 Å². The average Bonchev–Trinajstić information content (AvgIpc) is 3.33. The summed E-state index contributed by atoms with van der Waals surface area (Å²) in [5, 5.41) is 0.680. The van der Waals surface area contributed by atoms with Crippen molar-refractivity contribution in [3.63, 3.8) is 0 Å². The van der Waals surface area contributed by atoms with Gasteiger partial charge in [0.15, 0.2) is 5.13 Å². The lowest BCUT2D eigenvalue weighted by molar-refractivity contribution is 0.0917. The van der Waals surface area contributed by atoms with Crippen molar-refractivity contribution in [2.45, 2.75) is 32.8 Å². The number of aromatic nitrogens is 1. The first-order valence-corrected chi connectivity index (χ1v) is 10.3. The Kier molecular flexibility index (Phi) is 5.33. The third kappa shape index (κ3) is 3.75. The number of amides is 1. The highest BCUT2D eigenvalue weighted by molar-refractivity contribution is 7.22. The number of fused-ring (bicyclic) bond motifs is 1. The van der Waals surface area contributed by atoms with E-state index >= 15 is 0 Å². The molecule has 0 radical (unpaired) electrons. The van der Waals surface area contributed by atoms with Crippen LogP contribution in [0.4, 0.5) is 5.13 Å². The Morgan fingerprint density at radius 2 is 2.07 bits per heavy atom. The summed E-state index contributed by atoms with van der Waals surface area (Å²) in [5.41, 5.74) is 3.62. The third-order valence-electron chi connectivity index (χ3n) is 4.95. The van der Waals surface area contributed by atoms with E-state index in [9.17, 15) is 4.79 Å². The van der Waals surface area contributed by atoms with Gasteiger partial charge in [0.1, 0.15) is 11.3 Å². The molecular weight excluding hydrogens is 372 g/mol. The first-order chi connectivity index (χ1) is 13.5. The maximum atomic E-state index is 13.5. The lowest BCUT2D eigenvalue weighted by Gasteiger charge is -2.23. The molecule has 3 aromatic rings. The number of thiazole rings is 1. The fourth-order valence-corrected chi connectivity index (χ4v) is 4.68. The minimum absolute atomic E-state index is 0.0414. The number of nitrogens with zero attached hydrogens (tertiary/aromatic N) is 2. The monoisotopic (exact) mass is 396 g/mol. The van der Waals surface area contributed by atoms with Crippen molar-refractivity contribution in [2.75, 3.05) is 25.2 Å². The van der Waals surface area contributed by atoms with Gasteiger partial charge >= 0.3 is 0 Å². The summed E-state index contributed by atoms with van der Waals surface area (Å²) < 4.78 is 12.3. The van der Waals surface area contributed by atoms with Gasteiger partial charge in [-0.1, -0.05) is 34.6 Å². The van der Waals surface area contributed by atoms with Crippen molar-refractivity contribution in [1.29, 1.82) is 0 Å². The summed E-state index contributed by atoms with van der Waals surface area (Å²) in [7, 11) is 1.64. The average molecular weight is 397 g/mol. The molecular formula is C22H24N2O3S. The van der Waals surface area contributed by atoms with E-state index in [4.69, 9.17) is 14.5 Å². The molecule has 1 atom stereocenters. The van der Waals surface area contributed by atoms with Crippen molar-refractivity contribution >= 4 is 32.6 Å². The van der Waals surface area contributed by atoms with Crippen molar-refractivity contribution < 1.29 is 14.3 Å². The molecule has 2 heterocycles. The van der Waals surface area contributed by atoms with Crippen LogP contribution < -0.4 is 9.64 Å². The molecule has 2 aromatic carbocycles. The summed E-state index contributed by atoms with van der Waals surface area (Å²) in [5.74, 6) is 0.677. The second kappa shape index (κ2) is 7.89. The van der Waals surface area contributed by atoms with Gasteiger partial charge in [-0.15, -0.1) is 0 Å². The van der Waals surface area contributed by atoms with Crippen molar-refractivity contribution in [3.05, 3.63) is 53.1 Å². The number of ether oxygens (including phenoxy) is 2. The number of carbonyl (C=O) groups is 1. The molecule has 1 unspecified atom stereocenters. The first-order valence-electron chi connectivity index (χ1n) is 9.50. The molecule has 1 saturated heterocycles. The van der Waals surface area contributed by atoms with Gasteiger partial charge in [-0.05, 0) is 51.0 Å². The number of hydrogen-bond acceptors (Lipinski definition) is 5. The van der Waals surface area contributed by atoms with Gasteiger partial charge in [0.25, 0.3) is 5.91 Å². The zero-order valence-corrected chi connectivity index (χ0v) is 17.2. The number of hydrogen-bond donors (Lipinski definition) is 0. The van der Waals surface area contributed by atoms with E-state index in [1.54, 1.807) is 12.0 Å². The van der Waals surface area contributed by atoms with Gasteiger partial charge in [0.05, 0.1) is 24.5 Å². The predicted octanol–water partition coefficient (Wildman–Crippen LogP) is 4.75. The zero-order chi connectivity index (χ0) is 19.7. The van der Waals surface area contributed by atoms with E-state index in [1.165, 1.54) is 11.3 Å². The Morgan fingerprint density at radius 3 is 2.75 bits per heavy atom. The molecule has 1 aliphatic rings. The number of anilines is 1. The van der Waals surface area contributed by atoms with Crippen LogP contribution in [-0.2, 0) is 4.74 Å². The van der Waals surface area contributed by atoms with Crippen LogP contribution in [0, 0.1) is 13.8 Å². The molecule has 5 nitrogen and oxygen atoms in total. The number of aryl methyl sites for hydroxylation is 2. The molecule has 1 aliphatic heterocycles. The Hall–Kier alpha value is -2.44. The highest BCUT2D eigenvalue weighted by Gasteiger charge is 2.27. The molecule has 1 aromatic heterocycles. The largest absolute Gasteiger partial charge is 0.494 e. The van der Waals surface area contributed by atoms with Gasteiger partial charge in [-0.3, -0.25) is 9.69 Å². The summed E-state index contributed by atoms with van der Waals surface area (Å²) in [6, 6.07) is 11.8. The number of methoxy groups -OCH3 is 1. The van der Waals surface area contributed by atoms with Gasteiger partial charge < -0.3 is 9.47 Å². The van der Waals surface area contributed by atoms with Crippen LogP contribution in [0.15, 0.2) is 36.4 Å². The van der Waals surface area contributed by atoms with E-state index in [-0.39, 0.29) is 12.0 Å². The van der Waals surface area contributed by atoms with Gasteiger partial charge in [-0.2, -0.15) is 0 Å². The van der Waals surface area contributed by atoms with Gasteiger partial charge in [-0.25, -0.2) is 4.98 Å². The van der Waals surface area contributed by atoms with Gasteiger partial charge in [0.2, 0.25) is 0 Å². The normalized spacial score (nSPS) is 16.5. The highest BCUT2D eigenvalue weighted by atomic mass is 32.1. The van der Waals surface area contributed by atoms with Crippen LogP contribution in [0.25, 0.3) is 10.2 Å². The van der Waals surface area contributed by atoms with E-state index < -0.39 is 0 Å². The number of rotatable bonds is 5. The van der Waals surface area contributed by atoms with Crippen molar-refractivity contribution in [2.24, 2.45) is 0 Å². The molecule has 0 saturated carbocycles. The number of para-hydroxylation sites is 1. The quantitative estimate of drug-likeness (QED) is 0.625. The summed E-state index contributed by atoms with van der Waals surface area (Å²) in [4.78, 5) is 20.0. The summed E-state index contributed by atoms with van der Waals surface area (Å²) >= 11 is 1.51. The minimum atomic E-state index is -0.0414. The maximum absolute atomic E-state index is 13.5. The predicted molar refractivity (Wildman–Crippen MR) is 113 cm³/mol. The SMILES string of the molecule is COc1cccc2sc(N(CC3CCCO3)C(=O)c3cc(C)cc(C)c3)nc12. The molecule has 6 heteroatoms. The topological polar surface area (TPSA) is 51.7 Å². The van der Waals surface area contributed by atoms with Crippen molar-refractivity contribution in [3.8, 4) is 5.75 Å². The molecule has 0 N–H and O–H groups in total. The summed E-state index contributed by atoms with van der Waals surface area (Å²) in [6.07, 6.45) is 2.04. The first kappa shape index (κ1) is 18.9. The maximum Gasteiger partial charge on any atom is 0.260 e. The zero-order valence-electron chi connectivity index (χ0n) is 16.4. The lowest BCUT2D eigenvalue weighted by atomic mass is 10.1. The second-order valence-corrected chi connectivity index (χ2v) is 8.24. The Balaban J connectivity index is 1.75. The fraction of sp³-hybridized carbons (Fsp3) is 0.364. The van der Waals surface area contributed by atoms with E-state index in [2.05, 4.69) is 6.07 Å². The molecule has 0 bridgehead atoms. The third-order valence-corrected chi connectivity index (χ3v) is 5.99. The lowest BCUT2D eigenvalue weighted by Crippen LogP contribution is -2.37. The molecule has 1 fully saturated rings. The van der Waals surface area contributed by atoms with E-state index in [0.717, 1.165) is 46.5 Å². The number of carbonyl (C=O) groups excluding carboxylic acids is 1. The van der Waals surface area contributed by atoms with Crippen LogP contribution >= 0.6 is 11.3 Å². The molecule has 0 spiro atoms. The molecule has 4 rings (SSSR count). The highest BCUT2D eigenvalue weighted by Crippen LogP contribution is 2.35. The number of benzene rings is 2. The standard InChI is InChI=1S/C22H24N2O3S/c1-14-10-15(2)12-16(11-14)21(25)24(13-17-6-5-9-27-17)22-23-20-18(26-3)7-4-8-19(20)28-22/h4,7-8,10-12,17H,5-6,9,13H2,1-3H3. The minimum Gasteiger partial charge on any atom is -0.494 e. The Bertz CT molecular complexity index is 988. The molecule has 146 valence electrons. The smallest absolute Gasteiger partial charge is 0.260 e. The van der Waals surface area contributed by atoms with Crippen LogP contribution in [-0.4, -0.2) is 37.3 Å². The summed E-state index contributed by atoms with van der Waals surface area (Å²) in [6.45, 7) is 5.28. The van der Waals surface area contributed by atoms with Crippen molar-refractivity contribution in [1.82, 2.24) is 4.98 Å². The fourth-order valence-electron chi connectivity index (χ4n) is 3.69. The molecule has 28 heavy (non-hydrogen) atoms. The van der Waals surface area contributed by atoms with E-state index in [1.807, 2.05) is 44.2 Å². The van der Waals surface area contributed by atoms with Crippen LogP contribution in [0.2, 0.25) is 0 Å². The van der Waals surface area contributed by atoms with Gasteiger partial charge in [0, 0.05) is 12.2 Å². The second-order valence-electron chi connectivity index (χ2n) is 7.23. The van der Waals surface area contributed by atoms with Crippen LogP contribution in [0.3, 0.4) is 0 Å². The Labute approximate surface area is 168 Å². The van der Waals surface area contributed by atoms with Crippen LogP contribution in [0.1, 0.15) is 34.3 Å². The Morgan fingerprint density at radius 1 is 1.29 bits per heavy atom.